The summed E-state index contributed by atoms with van der Waals surface area (Å²) in [5.41, 5.74) is 6.80. The lowest BCUT2D eigenvalue weighted by atomic mass is 10.2. The van der Waals surface area contributed by atoms with Crippen molar-refractivity contribution >= 4 is 28.5 Å². The van der Waals surface area contributed by atoms with Gasteiger partial charge in [0.25, 0.3) is 0 Å². The molecule has 0 radical (unpaired) electrons. The van der Waals surface area contributed by atoms with Gasteiger partial charge in [0.2, 0.25) is 0 Å². The first-order valence-corrected chi connectivity index (χ1v) is 7.37. The number of rotatable bonds is 5. The Morgan fingerprint density at radius 2 is 2.29 bits per heavy atom. The molecule has 0 bridgehead atoms. The maximum atomic E-state index is 5.69. The van der Waals surface area contributed by atoms with Crippen LogP contribution in [0.4, 0.5) is 0 Å². The molecule has 1 aromatic rings. The summed E-state index contributed by atoms with van der Waals surface area (Å²) in [6.07, 6.45) is 5.20. The first-order chi connectivity index (χ1) is 8.15. The molecule has 1 saturated carbocycles. The first-order valence-electron chi connectivity index (χ1n) is 6.08. The molecule has 0 amide bonds. The highest BCUT2D eigenvalue weighted by Gasteiger charge is 2.23. The summed E-state index contributed by atoms with van der Waals surface area (Å²) in [5, 5.41) is 3.27. The van der Waals surface area contributed by atoms with E-state index in [-0.39, 0.29) is 0 Å². The van der Waals surface area contributed by atoms with Crippen LogP contribution >= 0.6 is 23.6 Å². The minimum absolute atomic E-state index is 0.588. The molecule has 0 aliphatic heterocycles. The summed E-state index contributed by atoms with van der Waals surface area (Å²) in [7, 11) is 0. The fourth-order valence-corrected chi connectivity index (χ4v) is 3.39. The Bertz CT molecular complexity index is 383. The second kappa shape index (κ2) is 5.89. The monoisotopic (exact) mass is 269 g/mol. The van der Waals surface area contributed by atoms with E-state index >= 15 is 0 Å². The van der Waals surface area contributed by atoms with E-state index in [1.807, 2.05) is 6.92 Å². The van der Waals surface area contributed by atoms with E-state index in [1.54, 1.807) is 11.3 Å². The largest absolute Gasteiger partial charge is 0.392 e. The highest BCUT2D eigenvalue weighted by molar-refractivity contribution is 7.80. The fourth-order valence-electron chi connectivity index (χ4n) is 2.43. The Kier molecular flexibility index (Phi) is 4.48. The maximum Gasteiger partial charge on any atom is 0.107 e. The van der Waals surface area contributed by atoms with Crippen LogP contribution in [0.2, 0.25) is 0 Å². The van der Waals surface area contributed by atoms with Gasteiger partial charge in [-0.3, -0.25) is 4.90 Å². The van der Waals surface area contributed by atoms with Crippen LogP contribution in [0.3, 0.4) is 0 Å². The van der Waals surface area contributed by atoms with E-state index in [0.717, 1.165) is 18.8 Å². The van der Waals surface area contributed by atoms with Crippen molar-refractivity contribution in [2.24, 2.45) is 5.73 Å². The molecule has 94 valence electrons. The minimum Gasteiger partial charge on any atom is -0.392 e. The van der Waals surface area contributed by atoms with Gasteiger partial charge in [-0.25, -0.2) is 4.98 Å². The van der Waals surface area contributed by atoms with Gasteiger partial charge in [0, 0.05) is 23.7 Å². The number of thiazole rings is 1. The Morgan fingerprint density at radius 1 is 1.59 bits per heavy atom. The van der Waals surface area contributed by atoms with Crippen molar-refractivity contribution in [1.82, 2.24) is 9.88 Å². The molecule has 0 saturated heterocycles. The smallest absolute Gasteiger partial charge is 0.107 e. The summed E-state index contributed by atoms with van der Waals surface area (Å²) in [5.74, 6) is 0. The average molecular weight is 269 g/mol. The van der Waals surface area contributed by atoms with Crippen LogP contribution in [-0.2, 0) is 6.54 Å². The third kappa shape index (κ3) is 3.72. The Hall–Kier alpha value is -0.520. The van der Waals surface area contributed by atoms with Gasteiger partial charge in [0.15, 0.2) is 0 Å². The highest BCUT2D eigenvalue weighted by atomic mass is 32.1. The van der Waals surface area contributed by atoms with Crippen LogP contribution < -0.4 is 5.73 Å². The van der Waals surface area contributed by atoms with Crippen LogP contribution in [0.5, 0.6) is 0 Å². The van der Waals surface area contributed by atoms with Gasteiger partial charge in [0.05, 0.1) is 11.5 Å². The van der Waals surface area contributed by atoms with Crippen molar-refractivity contribution < 1.29 is 0 Å². The molecular weight excluding hydrogens is 250 g/mol. The summed E-state index contributed by atoms with van der Waals surface area (Å²) >= 11 is 6.77. The van der Waals surface area contributed by atoms with Gasteiger partial charge in [-0.1, -0.05) is 25.1 Å². The number of aromatic nitrogens is 1. The number of nitrogens with zero attached hydrogens (tertiary/aromatic N) is 2. The van der Waals surface area contributed by atoms with Crippen molar-refractivity contribution in [3.05, 3.63) is 16.1 Å². The van der Waals surface area contributed by atoms with Gasteiger partial charge >= 0.3 is 0 Å². The molecule has 3 nitrogen and oxygen atoms in total. The number of hydrogen-bond donors (Lipinski definition) is 1. The highest BCUT2D eigenvalue weighted by Crippen LogP contribution is 2.25. The van der Waals surface area contributed by atoms with Gasteiger partial charge in [-0.2, -0.15) is 0 Å². The molecule has 2 N–H and O–H groups in total. The number of thiocarbonyl (C=S) groups is 1. The van der Waals surface area contributed by atoms with Crippen LogP contribution in [-0.4, -0.2) is 27.5 Å². The quantitative estimate of drug-likeness (QED) is 0.834. The average Bonchev–Trinajstić information content (AvgIpc) is 2.87. The zero-order chi connectivity index (χ0) is 12.3. The molecule has 1 heterocycles. The van der Waals surface area contributed by atoms with Crippen molar-refractivity contribution in [3.8, 4) is 0 Å². The number of nitrogens with two attached hydrogens (primary N) is 1. The summed E-state index contributed by atoms with van der Waals surface area (Å²) in [6, 6.07) is 0.640. The molecule has 0 unspecified atom stereocenters. The van der Waals surface area contributed by atoms with E-state index in [9.17, 15) is 0 Å². The minimum atomic E-state index is 0.588. The molecule has 1 fully saturated rings. The lowest BCUT2D eigenvalue weighted by Crippen LogP contribution is -2.38. The summed E-state index contributed by atoms with van der Waals surface area (Å²) in [6.45, 7) is 3.65. The van der Waals surface area contributed by atoms with Crippen molar-refractivity contribution in [2.45, 2.75) is 45.2 Å². The third-order valence-electron chi connectivity index (χ3n) is 3.20. The van der Waals surface area contributed by atoms with E-state index in [0.29, 0.717) is 11.0 Å². The lowest BCUT2D eigenvalue weighted by molar-refractivity contribution is 0.218. The second-order valence-electron chi connectivity index (χ2n) is 4.69. The van der Waals surface area contributed by atoms with Crippen LogP contribution in [0, 0.1) is 6.92 Å². The third-order valence-corrected chi connectivity index (χ3v) is 4.29. The first kappa shape index (κ1) is 12.9. The molecule has 2 rings (SSSR count). The van der Waals surface area contributed by atoms with Crippen molar-refractivity contribution in [2.75, 3.05) is 6.54 Å². The van der Waals surface area contributed by atoms with Crippen LogP contribution in [0.15, 0.2) is 5.38 Å². The Balaban J connectivity index is 2.01. The molecule has 0 spiro atoms. The molecular formula is C12H19N3S2. The van der Waals surface area contributed by atoms with Crippen LogP contribution in [0.25, 0.3) is 0 Å². The van der Waals surface area contributed by atoms with Gasteiger partial charge in [0.1, 0.15) is 5.01 Å². The van der Waals surface area contributed by atoms with E-state index in [4.69, 9.17) is 18.0 Å². The lowest BCUT2D eigenvalue weighted by Gasteiger charge is -2.27. The number of aryl methyl sites for hydroxylation is 1. The SMILES string of the molecule is Cc1csc(CN(CC(N)=S)C2CCCC2)n1. The predicted octanol–water partition coefficient (Wildman–Crippen LogP) is 2.48. The van der Waals surface area contributed by atoms with Crippen molar-refractivity contribution in [3.63, 3.8) is 0 Å². The van der Waals surface area contributed by atoms with Gasteiger partial charge in [-0.05, 0) is 19.8 Å². The Morgan fingerprint density at radius 3 is 2.82 bits per heavy atom. The standard InChI is InChI=1S/C12H19N3S2/c1-9-8-17-12(14-9)7-15(6-11(13)16)10-4-2-3-5-10/h8,10H,2-7H2,1H3,(H2,13,16). The van der Waals surface area contributed by atoms with E-state index in [2.05, 4.69) is 15.3 Å². The normalized spacial score (nSPS) is 16.8. The zero-order valence-electron chi connectivity index (χ0n) is 10.2. The van der Waals surface area contributed by atoms with Crippen molar-refractivity contribution in [1.29, 1.82) is 0 Å². The Labute approximate surface area is 112 Å². The maximum absolute atomic E-state index is 5.69. The summed E-state index contributed by atoms with van der Waals surface area (Å²) in [4.78, 5) is 7.51. The topological polar surface area (TPSA) is 42.1 Å². The molecule has 1 aromatic heterocycles. The zero-order valence-corrected chi connectivity index (χ0v) is 11.8. The predicted molar refractivity (Wildman–Crippen MR) is 76.3 cm³/mol. The molecule has 0 aromatic carbocycles. The van der Waals surface area contributed by atoms with Crippen LogP contribution in [0.1, 0.15) is 36.4 Å². The van der Waals surface area contributed by atoms with E-state index < -0.39 is 0 Å². The second-order valence-corrected chi connectivity index (χ2v) is 6.16. The number of hydrogen-bond acceptors (Lipinski definition) is 4. The van der Waals surface area contributed by atoms with Gasteiger partial charge in [-0.15, -0.1) is 11.3 Å². The molecule has 0 atom stereocenters. The molecule has 1 aliphatic rings. The fraction of sp³-hybridized carbons (Fsp3) is 0.667. The molecule has 5 heteroatoms. The summed E-state index contributed by atoms with van der Waals surface area (Å²) < 4.78 is 0. The molecule has 17 heavy (non-hydrogen) atoms. The molecule has 1 aliphatic carbocycles. The van der Waals surface area contributed by atoms with Gasteiger partial charge < -0.3 is 5.73 Å². The van der Waals surface area contributed by atoms with E-state index in [1.165, 1.54) is 30.7 Å².